The first-order valence-electron chi connectivity index (χ1n) is 6.41. The zero-order valence-electron chi connectivity index (χ0n) is 11.3. The monoisotopic (exact) mass is 300 g/mol. The summed E-state index contributed by atoms with van der Waals surface area (Å²) in [5, 5.41) is 3.11. The van der Waals surface area contributed by atoms with E-state index in [9.17, 15) is 9.18 Å². The summed E-state index contributed by atoms with van der Waals surface area (Å²) in [6, 6.07) is 12.2. The Balaban J connectivity index is 1.99. The van der Waals surface area contributed by atoms with Gasteiger partial charge in [-0.25, -0.2) is 4.39 Å². The van der Waals surface area contributed by atoms with Crippen LogP contribution in [0.3, 0.4) is 0 Å². The van der Waals surface area contributed by atoms with Gasteiger partial charge in [-0.3, -0.25) is 4.79 Å². The predicted molar refractivity (Wildman–Crippen MR) is 85.3 cm³/mol. The molecule has 3 aromatic rings. The molecule has 0 saturated carbocycles. The van der Waals surface area contributed by atoms with Crippen molar-refractivity contribution in [2.24, 2.45) is 0 Å². The molecule has 0 atom stereocenters. The molecule has 106 valence electrons. The molecule has 0 aliphatic carbocycles. The number of amides is 1. The number of rotatable bonds is 2. The van der Waals surface area contributed by atoms with Gasteiger partial charge in [0.15, 0.2) is 0 Å². The van der Waals surface area contributed by atoms with Crippen LogP contribution in [-0.2, 0) is 0 Å². The molecule has 5 heteroatoms. The smallest absolute Gasteiger partial charge is 0.267 e. The van der Waals surface area contributed by atoms with Crippen molar-refractivity contribution in [3.05, 3.63) is 58.7 Å². The minimum atomic E-state index is -0.407. The summed E-state index contributed by atoms with van der Waals surface area (Å²) >= 11 is 1.19. The van der Waals surface area contributed by atoms with Crippen LogP contribution in [0.5, 0.6) is 0 Å². The Kier molecular flexibility index (Phi) is 3.35. The molecule has 0 aliphatic heterocycles. The lowest BCUT2D eigenvalue weighted by Crippen LogP contribution is -2.12. The Morgan fingerprint density at radius 3 is 2.71 bits per heavy atom. The number of benzene rings is 2. The van der Waals surface area contributed by atoms with E-state index < -0.39 is 5.82 Å². The van der Waals surface area contributed by atoms with Crippen LogP contribution >= 0.6 is 11.3 Å². The van der Waals surface area contributed by atoms with Crippen LogP contribution in [-0.4, -0.2) is 5.91 Å². The molecule has 3 nitrogen and oxygen atoms in total. The second-order valence-corrected chi connectivity index (χ2v) is 5.83. The van der Waals surface area contributed by atoms with Crippen LogP contribution in [0.15, 0.2) is 42.5 Å². The maximum absolute atomic E-state index is 13.8. The zero-order chi connectivity index (χ0) is 15.0. The van der Waals surface area contributed by atoms with Gasteiger partial charge in [0.25, 0.3) is 5.91 Å². The molecular formula is C16H13FN2OS. The summed E-state index contributed by atoms with van der Waals surface area (Å²) in [6.45, 7) is 1.94. The van der Waals surface area contributed by atoms with Gasteiger partial charge in [-0.1, -0.05) is 18.2 Å². The Bertz CT molecular complexity index is 841. The molecule has 3 rings (SSSR count). The predicted octanol–water partition coefficient (Wildman–Crippen LogP) is 4.18. The van der Waals surface area contributed by atoms with Crippen LogP contribution < -0.4 is 11.1 Å². The molecule has 0 aliphatic rings. The number of halogens is 1. The van der Waals surface area contributed by atoms with E-state index in [0.29, 0.717) is 20.7 Å². The number of carbonyl (C=O) groups is 1. The van der Waals surface area contributed by atoms with Gasteiger partial charge >= 0.3 is 0 Å². The first-order chi connectivity index (χ1) is 10.1. The van der Waals surface area contributed by atoms with E-state index in [2.05, 4.69) is 5.32 Å². The number of aryl methyl sites for hydroxylation is 1. The molecule has 0 fully saturated rings. The van der Waals surface area contributed by atoms with E-state index in [1.807, 2.05) is 25.1 Å². The fourth-order valence-corrected chi connectivity index (χ4v) is 3.24. The van der Waals surface area contributed by atoms with Crippen LogP contribution in [0, 0.1) is 12.7 Å². The number of nitrogen functional groups attached to an aromatic ring is 1. The van der Waals surface area contributed by atoms with Gasteiger partial charge in [0.1, 0.15) is 10.7 Å². The van der Waals surface area contributed by atoms with Crippen LogP contribution in [0.2, 0.25) is 0 Å². The van der Waals surface area contributed by atoms with Crippen LogP contribution in [0.1, 0.15) is 15.2 Å². The van der Waals surface area contributed by atoms with E-state index in [1.165, 1.54) is 17.4 Å². The molecule has 0 spiro atoms. The van der Waals surface area contributed by atoms with Gasteiger partial charge < -0.3 is 11.1 Å². The van der Waals surface area contributed by atoms with Gasteiger partial charge in [-0.15, -0.1) is 11.3 Å². The number of fused-ring (bicyclic) bond motifs is 1. The molecule has 0 radical (unpaired) electrons. The minimum absolute atomic E-state index is 0.193. The molecule has 1 aromatic heterocycles. The lowest BCUT2D eigenvalue weighted by molar-refractivity contribution is 0.103. The maximum Gasteiger partial charge on any atom is 0.267 e. The number of anilines is 2. The highest BCUT2D eigenvalue weighted by molar-refractivity contribution is 7.21. The molecule has 2 aromatic carbocycles. The van der Waals surface area contributed by atoms with Crippen molar-refractivity contribution < 1.29 is 9.18 Å². The molecule has 1 amide bonds. The molecule has 3 N–H and O–H groups in total. The maximum atomic E-state index is 13.8. The van der Waals surface area contributed by atoms with Gasteiger partial charge in [0, 0.05) is 10.4 Å². The lowest BCUT2D eigenvalue weighted by atomic mass is 10.2. The summed E-state index contributed by atoms with van der Waals surface area (Å²) in [6.07, 6.45) is 0. The Labute approximate surface area is 125 Å². The number of carbonyl (C=O) groups excluding carboxylic acids is 1. The topological polar surface area (TPSA) is 55.1 Å². The third kappa shape index (κ3) is 2.48. The number of nitrogens with one attached hydrogen (secondary N) is 1. The average Bonchev–Trinajstić information content (AvgIpc) is 2.77. The van der Waals surface area contributed by atoms with Gasteiger partial charge in [-0.05, 0) is 36.8 Å². The number of hydrogen-bond acceptors (Lipinski definition) is 3. The minimum Gasteiger partial charge on any atom is -0.397 e. The van der Waals surface area contributed by atoms with Crippen LogP contribution in [0.4, 0.5) is 15.8 Å². The third-order valence-electron chi connectivity index (χ3n) is 3.18. The molecule has 21 heavy (non-hydrogen) atoms. The summed E-state index contributed by atoms with van der Waals surface area (Å²) in [5.74, 6) is -0.727. The average molecular weight is 300 g/mol. The van der Waals surface area contributed by atoms with E-state index in [-0.39, 0.29) is 11.6 Å². The molecule has 0 bridgehead atoms. The van der Waals surface area contributed by atoms with E-state index >= 15 is 0 Å². The third-order valence-corrected chi connectivity index (χ3v) is 4.35. The first kappa shape index (κ1) is 13.6. The van der Waals surface area contributed by atoms with Crippen molar-refractivity contribution in [2.75, 3.05) is 11.1 Å². The van der Waals surface area contributed by atoms with E-state index in [0.717, 1.165) is 5.56 Å². The summed E-state index contributed by atoms with van der Waals surface area (Å²) < 4.78 is 14.5. The highest BCUT2D eigenvalue weighted by atomic mass is 32.1. The molecule has 1 heterocycles. The Morgan fingerprint density at radius 1 is 1.24 bits per heavy atom. The zero-order valence-corrected chi connectivity index (χ0v) is 12.1. The second kappa shape index (κ2) is 5.18. The normalized spacial score (nSPS) is 10.8. The van der Waals surface area contributed by atoms with Gasteiger partial charge in [-0.2, -0.15) is 0 Å². The van der Waals surface area contributed by atoms with E-state index in [1.54, 1.807) is 18.2 Å². The quantitative estimate of drug-likeness (QED) is 0.746. The molecule has 0 unspecified atom stereocenters. The van der Waals surface area contributed by atoms with Crippen molar-refractivity contribution in [1.82, 2.24) is 0 Å². The number of hydrogen-bond donors (Lipinski definition) is 2. The summed E-state index contributed by atoms with van der Waals surface area (Å²) in [5.41, 5.74) is 7.86. The van der Waals surface area contributed by atoms with Crippen molar-refractivity contribution in [1.29, 1.82) is 0 Å². The number of thiophene rings is 1. The van der Waals surface area contributed by atoms with Crippen LogP contribution in [0.25, 0.3) is 10.1 Å². The molecule has 0 saturated heterocycles. The Morgan fingerprint density at radius 2 is 2.00 bits per heavy atom. The van der Waals surface area contributed by atoms with Crippen molar-refractivity contribution in [3.63, 3.8) is 0 Å². The summed E-state index contributed by atoms with van der Waals surface area (Å²) in [4.78, 5) is 12.7. The highest BCUT2D eigenvalue weighted by Gasteiger charge is 2.18. The first-order valence-corrected chi connectivity index (χ1v) is 7.22. The fourth-order valence-electron chi connectivity index (χ4n) is 2.21. The standard InChI is InChI=1S/C16H13FN2OS/c1-9-4-2-5-10(8-9)19-16(20)15-14(18)13-11(17)6-3-7-12(13)21-15/h2-8H,18H2,1H3,(H,19,20). The van der Waals surface area contributed by atoms with Crippen molar-refractivity contribution in [2.45, 2.75) is 6.92 Å². The lowest BCUT2D eigenvalue weighted by Gasteiger charge is -2.05. The largest absolute Gasteiger partial charge is 0.397 e. The van der Waals surface area contributed by atoms with Crippen molar-refractivity contribution in [3.8, 4) is 0 Å². The fraction of sp³-hybridized carbons (Fsp3) is 0.0625. The SMILES string of the molecule is Cc1cccc(NC(=O)c2sc3cccc(F)c3c2N)c1. The summed E-state index contributed by atoms with van der Waals surface area (Å²) in [7, 11) is 0. The number of nitrogens with two attached hydrogens (primary N) is 1. The molecular weight excluding hydrogens is 287 g/mol. The Hall–Kier alpha value is -2.40. The second-order valence-electron chi connectivity index (χ2n) is 4.78. The van der Waals surface area contributed by atoms with Crippen molar-refractivity contribution >= 4 is 38.7 Å². The van der Waals surface area contributed by atoms with Gasteiger partial charge in [0.05, 0.1) is 11.1 Å². The van der Waals surface area contributed by atoms with E-state index in [4.69, 9.17) is 5.73 Å². The highest BCUT2D eigenvalue weighted by Crippen LogP contribution is 2.35. The van der Waals surface area contributed by atoms with Gasteiger partial charge in [0.2, 0.25) is 0 Å².